The van der Waals surface area contributed by atoms with Gasteiger partial charge in [0.1, 0.15) is 62.0 Å². The molecule has 9 heterocycles. The van der Waals surface area contributed by atoms with E-state index >= 15 is 0 Å². The molecule has 0 saturated heterocycles. The molecule has 34 heteroatoms. The normalized spacial score (nSPS) is 17.5. The molecular formula is C65H81ClN20O13. The predicted octanol–water partition coefficient (Wildman–Crippen LogP) is 6.20. The average Bonchev–Trinajstić information content (AvgIpc) is 1.67. The van der Waals surface area contributed by atoms with Crippen molar-refractivity contribution in [1.29, 1.82) is 0 Å². The Morgan fingerprint density at radius 3 is 1.45 bits per heavy atom. The molecule has 10 N–H and O–H groups in total. The molecule has 3 aliphatic carbocycles. The van der Waals surface area contributed by atoms with Crippen molar-refractivity contribution in [2.24, 2.45) is 0 Å². The first-order valence-corrected chi connectivity index (χ1v) is 31.8. The van der Waals surface area contributed by atoms with E-state index < -0.39 is 29.5 Å². The second-order valence-electron chi connectivity index (χ2n) is 25.3. The van der Waals surface area contributed by atoms with E-state index in [4.69, 9.17) is 46.0 Å². The molecule has 12 rings (SSSR count). The van der Waals surface area contributed by atoms with Crippen molar-refractivity contribution in [3.05, 3.63) is 125 Å². The summed E-state index contributed by atoms with van der Waals surface area (Å²) < 4.78 is 30.7. The van der Waals surface area contributed by atoms with Gasteiger partial charge in [0, 0.05) is 88.0 Å². The second kappa shape index (κ2) is 31.2. The first-order valence-electron chi connectivity index (χ1n) is 31.4. The Bertz CT molecular complexity index is 4360. The Hall–Kier alpha value is -10.8. The number of hydrogen-bond acceptors (Lipinski definition) is 25. The topological polar surface area (TPSA) is 414 Å². The number of hydrogen-bond donors (Lipinski definition) is 9. The minimum Gasteiger partial charge on any atom is -0.481 e. The van der Waals surface area contributed by atoms with Crippen LogP contribution in [0, 0.1) is 0 Å². The molecule has 9 aromatic rings. The first kappa shape index (κ1) is 72.5. The van der Waals surface area contributed by atoms with Gasteiger partial charge in [-0.25, -0.2) is 39.5 Å². The van der Waals surface area contributed by atoms with Gasteiger partial charge >= 0.3 is 12.2 Å². The van der Waals surface area contributed by atoms with E-state index in [1.807, 2.05) is 12.1 Å². The van der Waals surface area contributed by atoms with Gasteiger partial charge in [0.25, 0.3) is 17.7 Å². The van der Waals surface area contributed by atoms with Gasteiger partial charge in [-0.15, -0.1) is 0 Å². The molecule has 0 aromatic carbocycles. The third-order valence-electron chi connectivity index (χ3n) is 15.4. The summed E-state index contributed by atoms with van der Waals surface area (Å²) in [4.78, 5) is 91.6. The lowest BCUT2D eigenvalue weighted by Gasteiger charge is -2.31. The Morgan fingerprint density at radius 2 is 1.01 bits per heavy atom. The Morgan fingerprint density at radius 1 is 0.586 bits per heavy atom. The van der Waals surface area contributed by atoms with Crippen molar-refractivity contribution < 1.29 is 63.0 Å². The number of carbonyl (C=O) groups excluding carboxylic acids is 5. The summed E-state index contributed by atoms with van der Waals surface area (Å²) in [6.45, 7) is 10.7. The predicted molar refractivity (Wildman–Crippen MR) is 365 cm³/mol. The number of amides is 5. The van der Waals surface area contributed by atoms with Crippen LogP contribution < -0.4 is 56.3 Å². The quantitative estimate of drug-likeness (QED) is 0.0486. The Kier molecular flexibility index (Phi) is 22.8. The molecule has 0 unspecified atom stereocenters. The minimum atomic E-state index is -0.689. The highest BCUT2D eigenvalue weighted by atomic mass is 35.5. The molecule has 33 nitrogen and oxygen atoms in total. The van der Waals surface area contributed by atoms with Crippen LogP contribution in [0.1, 0.15) is 122 Å². The van der Waals surface area contributed by atoms with Crippen LogP contribution in [0.15, 0.2) is 91.8 Å². The monoisotopic (exact) mass is 1380 g/mol. The number of nitrogens with one attached hydrogen (secondary N) is 5. The molecule has 3 saturated carbocycles. The summed E-state index contributed by atoms with van der Waals surface area (Å²) in [5.41, 5.74) is 8.50. The van der Waals surface area contributed by atoms with Gasteiger partial charge in [-0.05, 0) is 110 Å². The van der Waals surface area contributed by atoms with Crippen LogP contribution in [0.2, 0.25) is 5.15 Å². The van der Waals surface area contributed by atoms with E-state index in [9.17, 15) is 39.3 Å². The van der Waals surface area contributed by atoms with E-state index in [0.29, 0.717) is 120 Å². The lowest BCUT2D eigenvalue weighted by Crippen LogP contribution is -2.46. The molecule has 0 radical (unpaired) electrons. The lowest BCUT2D eigenvalue weighted by atomic mass is 9.89. The Balaban J connectivity index is 0.000000164. The zero-order valence-corrected chi connectivity index (χ0v) is 57.5. The van der Waals surface area contributed by atoms with Crippen LogP contribution in [0.25, 0.3) is 16.9 Å². The molecule has 9 aromatic heterocycles. The smallest absolute Gasteiger partial charge is 0.415 e. The third-order valence-corrected chi connectivity index (χ3v) is 15.6. The van der Waals surface area contributed by atoms with E-state index in [1.54, 1.807) is 136 Å². The van der Waals surface area contributed by atoms with E-state index in [2.05, 4.69) is 66.8 Å². The van der Waals surface area contributed by atoms with Crippen molar-refractivity contribution >= 4 is 93.1 Å². The lowest BCUT2D eigenvalue weighted by molar-refractivity contribution is 0.0553. The molecule has 0 aliphatic heterocycles. The molecule has 0 atom stereocenters. The van der Waals surface area contributed by atoms with Gasteiger partial charge < -0.3 is 71.3 Å². The van der Waals surface area contributed by atoms with Crippen molar-refractivity contribution in [3.63, 3.8) is 0 Å². The fourth-order valence-electron chi connectivity index (χ4n) is 10.2. The zero-order chi connectivity index (χ0) is 71.6. The maximum Gasteiger partial charge on any atom is 0.415 e. The number of methoxy groups -OCH3 is 3. The SMILES string of the molecule is CN(C(=O)OC(C)(C)C)c1cc(Cl)nc2c(C(=O)NC3CC(O)C3)cnn12.CNc1cc(Nc2cccnc2OC)nc2c(C(=O)NC3CC(O)C3)cnn12.COc1ncccc1Cc1cc(N(C)C(=O)OC(C)(C)C)n2ncc(C(=O)NC3CC(O)C3)c2n1.COc1ncccc1N. The van der Waals surface area contributed by atoms with Crippen LogP contribution in [0.4, 0.5) is 44.2 Å². The average molecular weight is 1390 g/mol. The van der Waals surface area contributed by atoms with Gasteiger partial charge in [0.2, 0.25) is 17.6 Å². The highest BCUT2D eigenvalue weighted by Gasteiger charge is 2.34. The molecule has 526 valence electrons. The molecule has 5 amide bonds. The number of aliphatic hydroxyl groups is 3. The van der Waals surface area contributed by atoms with Crippen molar-refractivity contribution in [3.8, 4) is 17.6 Å². The second-order valence-corrected chi connectivity index (χ2v) is 25.7. The number of fused-ring (bicyclic) bond motifs is 3. The summed E-state index contributed by atoms with van der Waals surface area (Å²) >= 11 is 6.11. The summed E-state index contributed by atoms with van der Waals surface area (Å²) in [6, 6.07) is 15.5. The number of rotatable bonds is 16. The van der Waals surface area contributed by atoms with Gasteiger partial charge in [0.15, 0.2) is 16.9 Å². The fraction of sp³-hybridized carbons (Fsp3) is 0.415. The van der Waals surface area contributed by atoms with E-state index in [-0.39, 0.29) is 70.0 Å². The molecule has 3 aliphatic rings. The number of ether oxygens (including phenoxy) is 5. The maximum atomic E-state index is 13.0. The highest BCUT2D eigenvalue weighted by Crippen LogP contribution is 2.31. The summed E-state index contributed by atoms with van der Waals surface area (Å²) in [6.07, 6.45) is 10.5. The number of nitrogens with zero attached hydrogens (tertiary/aromatic N) is 14. The standard InChI is InChI=1S/C24H30N6O5.C18H21N7O3.C17H22ClN5O4.C6H8N2O/c1-24(2,3)35-23(33)29(4)19-12-15(9-14-7-6-8-25-22(14)34-5)27-20-18(13-26-30(19)20)21(32)28-16-10-17(31)11-16;1-19-15-8-14(23-13-4-3-5-20-18(13)28-2)24-16-12(9-21-25(15)16)17(27)22-10-6-11(26)7-10;1-17(2,3)27-16(26)22(4)13-7-12(18)21-14-11(8-19-23(13)14)15(25)20-9-5-10(24)6-9;1-9-6-5(7)3-2-4-8-6/h6-8,12-13,16-17,31H,9-11H2,1-5H3,(H,28,32);3-5,8-11,19,26H,6-7H2,1-2H3,(H,22,27)(H,23,24);7-10,24H,5-6H2,1-4H3,(H,20,25);2-4H,7H2,1H3. The number of aliphatic hydroxyl groups excluding tert-OH is 3. The molecule has 99 heavy (non-hydrogen) atoms. The maximum absolute atomic E-state index is 13.0. The van der Waals surface area contributed by atoms with Gasteiger partial charge in [0.05, 0.1) is 69.6 Å². The number of halogens is 1. The summed E-state index contributed by atoms with van der Waals surface area (Å²) in [5, 5.41) is 56.1. The van der Waals surface area contributed by atoms with Gasteiger partial charge in [-0.3, -0.25) is 24.2 Å². The van der Waals surface area contributed by atoms with E-state index in [0.717, 1.165) is 5.56 Å². The van der Waals surface area contributed by atoms with Gasteiger partial charge in [-0.2, -0.15) is 28.8 Å². The van der Waals surface area contributed by atoms with E-state index in [1.165, 1.54) is 50.5 Å². The van der Waals surface area contributed by atoms with Gasteiger partial charge in [-0.1, -0.05) is 17.7 Å². The van der Waals surface area contributed by atoms with Crippen LogP contribution in [-0.2, 0) is 15.9 Å². The number of nitrogen functional groups attached to an aromatic ring is 1. The van der Waals surface area contributed by atoms with Crippen LogP contribution in [0.3, 0.4) is 0 Å². The number of carbonyl (C=O) groups is 5. The number of anilines is 6. The number of nitrogens with two attached hydrogens (primary N) is 1. The fourth-order valence-corrected chi connectivity index (χ4v) is 10.4. The first-order chi connectivity index (χ1) is 47.0. The summed E-state index contributed by atoms with van der Waals surface area (Å²) in [5.74, 6) is 2.29. The van der Waals surface area contributed by atoms with Crippen LogP contribution in [0.5, 0.6) is 17.6 Å². The molecule has 0 spiro atoms. The number of aromatic nitrogens is 12. The third kappa shape index (κ3) is 18.1. The molecule has 0 bridgehead atoms. The summed E-state index contributed by atoms with van der Waals surface area (Å²) in [7, 11) is 9.49. The van der Waals surface area contributed by atoms with Crippen molar-refractivity contribution in [1.82, 2.24) is 74.7 Å². The molecular weight excluding hydrogens is 1300 g/mol. The number of pyridine rings is 3. The Labute approximate surface area is 573 Å². The highest BCUT2D eigenvalue weighted by molar-refractivity contribution is 6.30. The van der Waals surface area contributed by atoms with Crippen LogP contribution >= 0.6 is 11.6 Å². The van der Waals surface area contributed by atoms with Crippen molar-refractivity contribution in [2.75, 3.05) is 68.6 Å². The minimum absolute atomic E-state index is 0.0258. The zero-order valence-electron chi connectivity index (χ0n) is 56.7. The largest absolute Gasteiger partial charge is 0.481 e. The van der Waals surface area contributed by atoms with Crippen LogP contribution in [-0.4, -0.2) is 194 Å². The molecule has 3 fully saturated rings. The van der Waals surface area contributed by atoms with Crippen molar-refractivity contribution in [2.45, 2.75) is 134 Å².